The molecule has 2 fully saturated rings. The molecule has 6 heteroatoms. The zero-order chi connectivity index (χ0) is 13.9. The molecule has 0 saturated carbocycles. The number of nitrogens with zero attached hydrogens (tertiary/aromatic N) is 2. The highest BCUT2D eigenvalue weighted by atomic mass is 32.1. The number of carbonyl (C=O) groups excluding carboxylic acids is 2. The zero-order valence-electron chi connectivity index (χ0n) is 11.4. The van der Waals surface area contributed by atoms with Crippen molar-refractivity contribution in [2.45, 2.75) is 18.9 Å². The predicted molar refractivity (Wildman–Crippen MR) is 77.5 cm³/mol. The molecule has 5 nitrogen and oxygen atoms in total. The van der Waals surface area contributed by atoms with Gasteiger partial charge in [0.25, 0.3) is 0 Å². The molecule has 3 rings (SSSR count). The van der Waals surface area contributed by atoms with Gasteiger partial charge < -0.3 is 10.2 Å². The van der Waals surface area contributed by atoms with Crippen molar-refractivity contribution >= 4 is 23.2 Å². The molecule has 20 heavy (non-hydrogen) atoms. The van der Waals surface area contributed by atoms with Crippen LogP contribution in [-0.2, 0) is 9.59 Å². The summed E-state index contributed by atoms with van der Waals surface area (Å²) in [6, 6.07) is 2.51. The third kappa shape index (κ3) is 2.86. The summed E-state index contributed by atoms with van der Waals surface area (Å²) < 4.78 is 0. The second kappa shape index (κ2) is 5.93. The molecule has 0 aliphatic carbocycles. The Kier molecular flexibility index (Phi) is 4.03. The maximum absolute atomic E-state index is 12.3. The Balaban J connectivity index is 1.61. The van der Waals surface area contributed by atoms with Crippen molar-refractivity contribution in [3.8, 4) is 0 Å². The highest BCUT2D eigenvalue weighted by Gasteiger charge is 2.30. The van der Waals surface area contributed by atoms with Gasteiger partial charge in [0.05, 0.1) is 13.1 Å². The molecule has 0 aromatic carbocycles. The molecule has 2 aliphatic heterocycles. The SMILES string of the molecule is O=C1CN(C(=O)CN2CCC[C@@H]2c2ccsc2)CCN1. The van der Waals surface area contributed by atoms with Crippen LogP contribution < -0.4 is 5.32 Å². The minimum atomic E-state index is -0.0552. The number of piperazine rings is 1. The molecule has 2 amide bonds. The van der Waals surface area contributed by atoms with Crippen molar-refractivity contribution in [1.29, 1.82) is 0 Å². The van der Waals surface area contributed by atoms with Gasteiger partial charge in [-0.25, -0.2) is 0 Å². The molecule has 0 radical (unpaired) electrons. The lowest BCUT2D eigenvalue weighted by molar-refractivity contribution is -0.139. The molecular weight excluding hydrogens is 274 g/mol. The number of hydrogen-bond acceptors (Lipinski definition) is 4. The lowest BCUT2D eigenvalue weighted by Crippen LogP contribution is -2.52. The van der Waals surface area contributed by atoms with E-state index in [9.17, 15) is 9.59 Å². The summed E-state index contributed by atoms with van der Waals surface area (Å²) in [5, 5.41) is 7.00. The molecule has 1 aromatic heterocycles. The second-order valence-electron chi connectivity index (χ2n) is 5.35. The van der Waals surface area contributed by atoms with E-state index in [1.165, 1.54) is 5.56 Å². The molecular formula is C14H19N3O2S. The van der Waals surface area contributed by atoms with E-state index >= 15 is 0 Å². The van der Waals surface area contributed by atoms with E-state index < -0.39 is 0 Å². The van der Waals surface area contributed by atoms with Gasteiger partial charge >= 0.3 is 0 Å². The van der Waals surface area contributed by atoms with E-state index in [-0.39, 0.29) is 18.4 Å². The molecule has 3 heterocycles. The van der Waals surface area contributed by atoms with E-state index in [1.54, 1.807) is 16.2 Å². The summed E-state index contributed by atoms with van der Waals surface area (Å²) in [6.07, 6.45) is 2.25. The van der Waals surface area contributed by atoms with Crippen molar-refractivity contribution in [2.24, 2.45) is 0 Å². The van der Waals surface area contributed by atoms with Crippen LogP contribution in [0.5, 0.6) is 0 Å². The van der Waals surface area contributed by atoms with Gasteiger partial charge in [0.1, 0.15) is 0 Å². The third-order valence-electron chi connectivity index (χ3n) is 4.02. The lowest BCUT2D eigenvalue weighted by Gasteiger charge is -2.30. The zero-order valence-corrected chi connectivity index (χ0v) is 12.2. The molecule has 0 spiro atoms. The lowest BCUT2D eigenvalue weighted by atomic mass is 10.1. The fourth-order valence-corrected chi connectivity index (χ4v) is 3.69. The largest absolute Gasteiger partial charge is 0.353 e. The normalized spacial score (nSPS) is 23.9. The van der Waals surface area contributed by atoms with Crippen LogP contribution in [-0.4, -0.2) is 54.3 Å². The minimum Gasteiger partial charge on any atom is -0.353 e. The Bertz CT molecular complexity index is 489. The Morgan fingerprint density at radius 3 is 3.10 bits per heavy atom. The van der Waals surface area contributed by atoms with Gasteiger partial charge in [0.15, 0.2) is 0 Å². The summed E-state index contributed by atoms with van der Waals surface area (Å²) in [6.45, 7) is 2.79. The number of carbonyl (C=O) groups is 2. The van der Waals surface area contributed by atoms with Crippen molar-refractivity contribution in [3.63, 3.8) is 0 Å². The van der Waals surface area contributed by atoms with Gasteiger partial charge in [0, 0.05) is 19.1 Å². The molecule has 2 aliphatic rings. The summed E-state index contributed by atoms with van der Waals surface area (Å²) in [7, 11) is 0. The highest BCUT2D eigenvalue weighted by molar-refractivity contribution is 7.07. The van der Waals surface area contributed by atoms with Crippen molar-refractivity contribution in [1.82, 2.24) is 15.1 Å². The van der Waals surface area contributed by atoms with E-state index in [2.05, 4.69) is 27.0 Å². The fraction of sp³-hybridized carbons (Fsp3) is 0.571. The molecule has 1 aromatic rings. The van der Waals surface area contributed by atoms with Gasteiger partial charge in [-0.1, -0.05) is 0 Å². The molecule has 2 saturated heterocycles. The van der Waals surface area contributed by atoms with Crippen LogP contribution in [0.15, 0.2) is 16.8 Å². The van der Waals surface area contributed by atoms with Crippen LogP contribution in [0.25, 0.3) is 0 Å². The molecule has 0 unspecified atom stereocenters. The first-order valence-corrected chi connectivity index (χ1v) is 7.99. The van der Waals surface area contributed by atoms with Crippen LogP contribution in [0.3, 0.4) is 0 Å². The minimum absolute atomic E-state index is 0.0552. The van der Waals surface area contributed by atoms with E-state index in [0.717, 1.165) is 19.4 Å². The van der Waals surface area contributed by atoms with Crippen molar-refractivity contribution < 1.29 is 9.59 Å². The van der Waals surface area contributed by atoms with Crippen molar-refractivity contribution in [3.05, 3.63) is 22.4 Å². The standard InChI is InChI=1S/C14H19N3O2S/c18-13-8-17(6-4-15-13)14(19)9-16-5-1-2-12(16)11-3-7-20-10-11/h3,7,10,12H,1-2,4-6,8-9H2,(H,15,18)/t12-/m1/s1. The van der Waals surface area contributed by atoms with E-state index in [4.69, 9.17) is 0 Å². The maximum atomic E-state index is 12.3. The molecule has 0 bridgehead atoms. The fourth-order valence-electron chi connectivity index (χ4n) is 2.98. The maximum Gasteiger partial charge on any atom is 0.239 e. The first-order valence-electron chi connectivity index (χ1n) is 7.04. The Hall–Kier alpha value is -1.40. The van der Waals surface area contributed by atoms with Gasteiger partial charge in [0.2, 0.25) is 11.8 Å². The highest BCUT2D eigenvalue weighted by Crippen LogP contribution is 2.32. The smallest absolute Gasteiger partial charge is 0.239 e. The average Bonchev–Trinajstić information content (AvgIpc) is 3.08. The summed E-state index contributed by atoms with van der Waals surface area (Å²) in [4.78, 5) is 27.6. The summed E-state index contributed by atoms with van der Waals surface area (Å²) in [5.74, 6) is 0.0161. The van der Waals surface area contributed by atoms with Gasteiger partial charge in [-0.05, 0) is 41.8 Å². The Labute approximate surface area is 122 Å². The third-order valence-corrected chi connectivity index (χ3v) is 4.72. The predicted octanol–water partition coefficient (Wildman–Crippen LogP) is 0.843. The van der Waals surface area contributed by atoms with Crippen LogP contribution in [0.1, 0.15) is 24.4 Å². The van der Waals surface area contributed by atoms with Gasteiger partial charge in [-0.3, -0.25) is 14.5 Å². The molecule has 1 atom stereocenters. The summed E-state index contributed by atoms with van der Waals surface area (Å²) >= 11 is 1.70. The Morgan fingerprint density at radius 1 is 1.45 bits per heavy atom. The average molecular weight is 293 g/mol. The van der Waals surface area contributed by atoms with Crippen LogP contribution in [0, 0.1) is 0 Å². The van der Waals surface area contributed by atoms with Gasteiger partial charge in [-0.2, -0.15) is 11.3 Å². The monoisotopic (exact) mass is 293 g/mol. The Morgan fingerprint density at radius 2 is 2.35 bits per heavy atom. The first kappa shape index (κ1) is 13.6. The van der Waals surface area contributed by atoms with Crippen molar-refractivity contribution in [2.75, 3.05) is 32.7 Å². The summed E-state index contributed by atoms with van der Waals surface area (Å²) in [5.41, 5.74) is 1.32. The van der Waals surface area contributed by atoms with Crippen LogP contribution in [0.4, 0.5) is 0 Å². The number of amides is 2. The number of rotatable bonds is 3. The number of likely N-dealkylation sites (tertiary alicyclic amines) is 1. The van der Waals surface area contributed by atoms with Crippen LogP contribution >= 0.6 is 11.3 Å². The van der Waals surface area contributed by atoms with Crippen LogP contribution in [0.2, 0.25) is 0 Å². The number of thiophene rings is 1. The number of hydrogen-bond donors (Lipinski definition) is 1. The quantitative estimate of drug-likeness (QED) is 0.898. The molecule has 108 valence electrons. The number of nitrogens with one attached hydrogen (secondary N) is 1. The van der Waals surface area contributed by atoms with E-state index in [1.807, 2.05) is 0 Å². The molecule has 1 N–H and O–H groups in total. The first-order chi connectivity index (χ1) is 9.74. The van der Waals surface area contributed by atoms with Gasteiger partial charge in [-0.15, -0.1) is 0 Å². The topological polar surface area (TPSA) is 52.7 Å². The van der Waals surface area contributed by atoms with E-state index in [0.29, 0.717) is 25.7 Å². The second-order valence-corrected chi connectivity index (χ2v) is 6.13.